The minimum atomic E-state index is -3.92. The van der Waals surface area contributed by atoms with Crippen molar-refractivity contribution in [2.45, 2.75) is 30.3 Å². The molecule has 0 spiro atoms. The van der Waals surface area contributed by atoms with Crippen LogP contribution in [0.3, 0.4) is 0 Å². The molecule has 0 aliphatic carbocycles. The van der Waals surface area contributed by atoms with Gasteiger partial charge in [-0.2, -0.15) is 5.10 Å². The molecule has 1 aromatic heterocycles. The number of H-pyrrole nitrogens is 1. The predicted octanol–water partition coefficient (Wildman–Crippen LogP) is 0.0551. The maximum absolute atomic E-state index is 12.5. The number of aromatic amines is 1. The number of hydrogen-bond donors (Lipinski definition) is 3. The van der Waals surface area contributed by atoms with E-state index in [1.165, 1.54) is 0 Å². The first-order valence-electron chi connectivity index (χ1n) is 7.38. The molecule has 9 nitrogen and oxygen atoms in total. The molecule has 2 heterocycles. The number of nitrogens with one attached hydrogen (secondary N) is 3. The highest BCUT2D eigenvalue weighted by Crippen LogP contribution is 2.20. The zero-order valence-electron chi connectivity index (χ0n) is 13.6. The number of aromatic nitrogens is 2. The highest BCUT2D eigenvalue weighted by molar-refractivity contribution is 7.89. The molecule has 0 aromatic carbocycles. The molecule has 1 aliphatic rings. The zero-order chi connectivity index (χ0) is 16.9. The second-order valence-corrected chi connectivity index (χ2v) is 7.11. The van der Waals surface area contributed by atoms with Crippen LogP contribution in [0.25, 0.3) is 0 Å². The SMILES string of the molecule is CCOC(=O)c1cn[nH]c1S(=O)(=O)NCC1(COC)CCCN1.Cl. The van der Waals surface area contributed by atoms with Crippen LogP contribution in [0.15, 0.2) is 11.2 Å². The number of carbonyl (C=O) groups excluding carboxylic acids is 1. The molecule has 0 saturated carbocycles. The highest BCUT2D eigenvalue weighted by atomic mass is 35.5. The maximum Gasteiger partial charge on any atom is 0.342 e. The first kappa shape index (κ1) is 20.8. The minimum absolute atomic E-state index is 0. The molecule has 11 heteroatoms. The molecule has 138 valence electrons. The Balaban J connectivity index is 0.00000288. The van der Waals surface area contributed by atoms with Crippen molar-refractivity contribution in [2.24, 2.45) is 0 Å². The molecule has 1 aromatic rings. The van der Waals surface area contributed by atoms with Crippen molar-refractivity contribution in [3.05, 3.63) is 11.8 Å². The summed E-state index contributed by atoms with van der Waals surface area (Å²) in [4.78, 5) is 11.8. The Morgan fingerprint density at radius 2 is 2.25 bits per heavy atom. The normalized spacial score (nSPS) is 20.6. The number of sulfonamides is 1. The van der Waals surface area contributed by atoms with Crippen LogP contribution in [0, 0.1) is 0 Å². The van der Waals surface area contributed by atoms with Gasteiger partial charge in [-0.25, -0.2) is 17.9 Å². The van der Waals surface area contributed by atoms with E-state index in [9.17, 15) is 13.2 Å². The van der Waals surface area contributed by atoms with E-state index in [1.54, 1.807) is 14.0 Å². The largest absolute Gasteiger partial charge is 0.462 e. The van der Waals surface area contributed by atoms with Crippen molar-refractivity contribution in [1.29, 1.82) is 0 Å². The maximum atomic E-state index is 12.5. The topological polar surface area (TPSA) is 122 Å². The van der Waals surface area contributed by atoms with Crippen LogP contribution in [0.2, 0.25) is 0 Å². The van der Waals surface area contributed by atoms with Gasteiger partial charge in [-0.15, -0.1) is 12.4 Å². The van der Waals surface area contributed by atoms with Gasteiger partial charge in [-0.3, -0.25) is 5.10 Å². The quantitative estimate of drug-likeness (QED) is 0.543. The number of rotatable bonds is 8. The summed E-state index contributed by atoms with van der Waals surface area (Å²) in [5.74, 6) is -0.729. The average molecular weight is 383 g/mol. The summed E-state index contributed by atoms with van der Waals surface area (Å²) in [6, 6.07) is 0. The van der Waals surface area contributed by atoms with Gasteiger partial charge in [0.05, 0.1) is 24.9 Å². The number of methoxy groups -OCH3 is 1. The number of esters is 1. The monoisotopic (exact) mass is 382 g/mol. The van der Waals surface area contributed by atoms with Gasteiger partial charge in [0.15, 0.2) is 5.03 Å². The van der Waals surface area contributed by atoms with Crippen molar-refractivity contribution in [2.75, 3.05) is 33.4 Å². The summed E-state index contributed by atoms with van der Waals surface area (Å²) >= 11 is 0. The van der Waals surface area contributed by atoms with E-state index in [4.69, 9.17) is 9.47 Å². The van der Waals surface area contributed by atoms with Crippen molar-refractivity contribution in [1.82, 2.24) is 20.2 Å². The van der Waals surface area contributed by atoms with Crippen LogP contribution in [-0.2, 0) is 19.5 Å². The third-order valence-corrected chi connectivity index (χ3v) is 5.09. The molecule has 1 unspecified atom stereocenters. The van der Waals surface area contributed by atoms with Gasteiger partial charge in [-0.1, -0.05) is 0 Å². The first-order valence-corrected chi connectivity index (χ1v) is 8.86. The molecule has 0 amide bonds. The van der Waals surface area contributed by atoms with Gasteiger partial charge >= 0.3 is 5.97 Å². The summed E-state index contributed by atoms with van der Waals surface area (Å²) in [6.45, 7) is 3.15. The zero-order valence-corrected chi connectivity index (χ0v) is 15.3. The second kappa shape index (κ2) is 8.77. The summed E-state index contributed by atoms with van der Waals surface area (Å²) in [7, 11) is -2.35. The lowest BCUT2D eigenvalue weighted by Crippen LogP contribution is -2.53. The van der Waals surface area contributed by atoms with E-state index >= 15 is 0 Å². The van der Waals surface area contributed by atoms with E-state index in [1.807, 2.05) is 0 Å². The summed E-state index contributed by atoms with van der Waals surface area (Å²) in [6.07, 6.45) is 2.89. The fourth-order valence-corrected chi connectivity index (χ4v) is 3.82. The van der Waals surface area contributed by atoms with Gasteiger partial charge in [0, 0.05) is 13.7 Å². The molecule has 1 fully saturated rings. The Bertz CT molecular complexity index is 643. The van der Waals surface area contributed by atoms with Crippen molar-refractivity contribution in [3.8, 4) is 0 Å². The van der Waals surface area contributed by atoms with Gasteiger partial charge in [0.2, 0.25) is 0 Å². The fourth-order valence-electron chi connectivity index (χ4n) is 2.61. The van der Waals surface area contributed by atoms with E-state index in [-0.39, 0.29) is 36.1 Å². The minimum Gasteiger partial charge on any atom is -0.462 e. The van der Waals surface area contributed by atoms with E-state index in [0.29, 0.717) is 6.61 Å². The van der Waals surface area contributed by atoms with Crippen LogP contribution in [0.4, 0.5) is 0 Å². The lowest BCUT2D eigenvalue weighted by atomic mass is 9.99. The van der Waals surface area contributed by atoms with Gasteiger partial charge in [0.25, 0.3) is 10.0 Å². The predicted molar refractivity (Wildman–Crippen MR) is 88.8 cm³/mol. The molecule has 1 aliphatic heterocycles. The molecule has 1 saturated heterocycles. The summed E-state index contributed by atoms with van der Waals surface area (Å²) in [5, 5.41) is 8.98. The van der Waals surface area contributed by atoms with E-state index in [2.05, 4.69) is 20.2 Å². The lowest BCUT2D eigenvalue weighted by Gasteiger charge is -2.28. The average Bonchev–Trinajstić information content (AvgIpc) is 3.16. The Morgan fingerprint density at radius 3 is 2.83 bits per heavy atom. The third kappa shape index (κ3) is 4.67. The standard InChI is InChI=1S/C13H22N4O5S.ClH/c1-3-22-12(18)10-7-15-17-11(10)23(19,20)16-8-13(9-21-2)5-4-6-14-13;/h7,14,16H,3-6,8-9H2,1-2H3,(H,15,17);1H. The molecular formula is C13H23ClN4O5S. The summed E-state index contributed by atoms with van der Waals surface area (Å²) < 4.78 is 37.5. The van der Waals surface area contributed by atoms with Crippen molar-refractivity contribution < 1.29 is 22.7 Å². The molecule has 24 heavy (non-hydrogen) atoms. The Hall–Kier alpha value is -1.20. The third-order valence-electron chi connectivity index (χ3n) is 3.72. The van der Waals surface area contributed by atoms with Crippen LogP contribution in [0.5, 0.6) is 0 Å². The van der Waals surface area contributed by atoms with Crippen LogP contribution >= 0.6 is 12.4 Å². The molecular weight excluding hydrogens is 360 g/mol. The Morgan fingerprint density at radius 1 is 1.50 bits per heavy atom. The van der Waals surface area contributed by atoms with Crippen molar-refractivity contribution in [3.63, 3.8) is 0 Å². The first-order chi connectivity index (χ1) is 10.9. The Labute approximate surface area is 147 Å². The van der Waals surface area contributed by atoms with Gasteiger partial charge in [-0.05, 0) is 26.3 Å². The molecule has 2 rings (SSSR count). The number of carbonyl (C=O) groups is 1. The molecule has 0 bridgehead atoms. The molecule has 1 atom stereocenters. The lowest BCUT2D eigenvalue weighted by molar-refractivity contribution is 0.0522. The van der Waals surface area contributed by atoms with Crippen LogP contribution < -0.4 is 10.0 Å². The molecule has 3 N–H and O–H groups in total. The fraction of sp³-hybridized carbons (Fsp3) is 0.692. The van der Waals surface area contributed by atoms with Crippen LogP contribution in [-0.4, -0.2) is 63.5 Å². The smallest absolute Gasteiger partial charge is 0.342 e. The van der Waals surface area contributed by atoms with E-state index < -0.39 is 21.5 Å². The number of hydrogen-bond acceptors (Lipinski definition) is 7. The number of nitrogens with zero attached hydrogens (tertiary/aromatic N) is 1. The Kier molecular flexibility index (Phi) is 7.61. The van der Waals surface area contributed by atoms with Gasteiger partial charge in [0.1, 0.15) is 5.56 Å². The van der Waals surface area contributed by atoms with Gasteiger partial charge < -0.3 is 14.8 Å². The number of halogens is 1. The van der Waals surface area contributed by atoms with E-state index in [0.717, 1.165) is 25.6 Å². The summed E-state index contributed by atoms with van der Waals surface area (Å²) in [5.41, 5.74) is -0.550. The highest BCUT2D eigenvalue weighted by Gasteiger charge is 2.36. The number of ether oxygens (including phenoxy) is 2. The molecule has 0 radical (unpaired) electrons. The van der Waals surface area contributed by atoms with Crippen molar-refractivity contribution >= 4 is 28.4 Å². The van der Waals surface area contributed by atoms with Crippen LogP contribution in [0.1, 0.15) is 30.1 Å². The second-order valence-electron chi connectivity index (χ2n) is 5.40.